The molecule has 130 valence electrons. The van der Waals surface area contributed by atoms with Crippen molar-refractivity contribution in [2.75, 3.05) is 12.4 Å². The van der Waals surface area contributed by atoms with Crippen LogP contribution in [0.5, 0.6) is 11.5 Å². The Balaban J connectivity index is 1.89. The van der Waals surface area contributed by atoms with Crippen LogP contribution in [0.1, 0.15) is 10.4 Å². The third-order valence-corrected chi connectivity index (χ3v) is 4.00. The van der Waals surface area contributed by atoms with Gasteiger partial charge in [0.1, 0.15) is 5.56 Å². The zero-order chi connectivity index (χ0) is 18.0. The lowest BCUT2D eigenvalue weighted by Crippen LogP contribution is -2.25. The predicted octanol–water partition coefficient (Wildman–Crippen LogP) is 2.62. The molecule has 0 radical (unpaired) electrons. The van der Waals surface area contributed by atoms with Gasteiger partial charge in [0.05, 0.1) is 7.11 Å². The molecular weight excluding hydrogens is 356 g/mol. The van der Waals surface area contributed by atoms with Crippen molar-refractivity contribution in [3.05, 3.63) is 51.9 Å². The lowest BCUT2D eigenvalue weighted by molar-refractivity contribution is -0.0511. The molecular formula is C15H11F2N3O4S. The quantitative estimate of drug-likeness (QED) is 0.750. The number of thiazole rings is 1. The maximum absolute atomic E-state index is 12.5. The Morgan fingerprint density at radius 3 is 2.88 bits per heavy atom. The molecule has 0 aliphatic heterocycles. The number of aromatic nitrogens is 2. The molecule has 0 fully saturated rings. The number of hydrogen-bond donors (Lipinski definition) is 1. The number of nitrogens with zero attached hydrogens (tertiary/aromatic N) is 2. The number of halogens is 2. The van der Waals surface area contributed by atoms with E-state index >= 15 is 0 Å². The van der Waals surface area contributed by atoms with Crippen LogP contribution in [-0.2, 0) is 0 Å². The Morgan fingerprint density at radius 1 is 1.36 bits per heavy atom. The van der Waals surface area contributed by atoms with Crippen molar-refractivity contribution >= 4 is 27.9 Å². The van der Waals surface area contributed by atoms with E-state index in [2.05, 4.69) is 15.0 Å². The number of amides is 1. The van der Waals surface area contributed by atoms with Gasteiger partial charge in [-0.05, 0) is 12.1 Å². The first kappa shape index (κ1) is 16.8. The van der Waals surface area contributed by atoms with Gasteiger partial charge in [0.2, 0.25) is 0 Å². The zero-order valence-electron chi connectivity index (χ0n) is 12.7. The molecule has 10 heteroatoms. The summed E-state index contributed by atoms with van der Waals surface area (Å²) in [6.45, 7) is -3.05. The van der Waals surface area contributed by atoms with Gasteiger partial charge in [-0.2, -0.15) is 8.78 Å². The van der Waals surface area contributed by atoms with Gasteiger partial charge in [0, 0.05) is 29.5 Å². The van der Waals surface area contributed by atoms with Crippen molar-refractivity contribution in [3.63, 3.8) is 0 Å². The van der Waals surface area contributed by atoms with Gasteiger partial charge < -0.3 is 14.8 Å². The average molecular weight is 367 g/mol. The Morgan fingerprint density at radius 2 is 2.16 bits per heavy atom. The summed E-state index contributed by atoms with van der Waals surface area (Å²) in [5, 5.41) is 4.12. The third-order valence-electron chi connectivity index (χ3n) is 3.22. The Hall–Kier alpha value is -3.01. The van der Waals surface area contributed by atoms with Crippen LogP contribution in [0.25, 0.3) is 4.96 Å². The number of methoxy groups -OCH3 is 1. The second-order valence-electron chi connectivity index (χ2n) is 4.73. The topological polar surface area (TPSA) is 81.9 Å². The number of carbonyl (C=O) groups is 1. The summed E-state index contributed by atoms with van der Waals surface area (Å²) >= 11 is 1.26. The first-order valence-electron chi connectivity index (χ1n) is 6.88. The molecule has 0 atom stereocenters. The first-order valence-corrected chi connectivity index (χ1v) is 7.76. The number of fused-ring (bicyclic) bond motifs is 1. The molecule has 0 spiro atoms. The van der Waals surface area contributed by atoms with E-state index in [9.17, 15) is 18.4 Å². The third kappa shape index (κ3) is 3.43. The Kier molecular flexibility index (Phi) is 4.61. The normalized spacial score (nSPS) is 10.9. The fourth-order valence-electron chi connectivity index (χ4n) is 2.12. The fourth-order valence-corrected chi connectivity index (χ4v) is 2.80. The summed E-state index contributed by atoms with van der Waals surface area (Å²) in [6.07, 6.45) is 2.68. The van der Waals surface area contributed by atoms with Gasteiger partial charge in [-0.1, -0.05) is 0 Å². The highest BCUT2D eigenvalue weighted by Crippen LogP contribution is 2.31. The van der Waals surface area contributed by atoms with Crippen LogP contribution in [0.3, 0.4) is 0 Å². The number of rotatable bonds is 5. The molecule has 0 saturated heterocycles. The Bertz CT molecular complexity index is 986. The molecule has 2 heterocycles. The number of alkyl halides is 2. The van der Waals surface area contributed by atoms with Gasteiger partial charge in [-0.25, -0.2) is 4.98 Å². The number of benzene rings is 1. The van der Waals surface area contributed by atoms with Gasteiger partial charge in [0.25, 0.3) is 11.5 Å². The second kappa shape index (κ2) is 6.85. The Labute approximate surface area is 143 Å². The van der Waals surface area contributed by atoms with Crippen molar-refractivity contribution in [3.8, 4) is 11.5 Å². The molecule has 1 aromatic carbocycles. The van der Waals surface area contributed by atoms with Crippen LogP contribution < -0.4 is 20.3 Å². The van der Waals surface area contributed by atoms with E-state index < -0.39 is 18.1 Å². The highest BCUT2D eigenvalue weighted by atomic mass is 32.1. The minimum absolute atomic E-state index is 0.0831. The maximum atomic E-state index is 12.5. The van der Waals surface area contributed by atoms with E-state index in [4.69, 9.17) is 4.74 Å². The van der Waals surface area contributed by atoms with E-state index in [1.807, 2.05) is 0 Å². The number of hydrogen-bond acceptors (Lipinski definition) is 6. The van der Waals surface area contributed by atoms with Crippen molar-refractivity contribution in [1.82, 2.24) is 9.38 Å². The highest BCUT2D eigenvalue weighted by Gasteiger charge is 2.16. The first-order chi connectivity index (χ1) is 12.0. The van der Waals surface area contributed by atoms with E-state index in [-0.39, 0.29) is 22.7 Å². The maximum Gasteiger partial charge on any atom is 0.387 e. The molecule has 1 N–H and O–H groups in total. The molecule has 0 bridgehead atoms. The summed E-state index contributed by atoms with van der Waals surface area (Å²) in [5.41, 5.74) is -0.541. The van der Waals surface area contributed by atoms with Crippen LogP contribution in [0.4, 0.5) is 14.5 Å². The zero-order valence-corrected chi connectivity index (χ0v) is 13.5. The van der Waals surface area contributed by atoms with Crippen LogP contribution in [0, 0.1) is 0 Å². The van der Waals surface area contributed by atoms with Crippen molar-refractivity contribution in [2.24, 2.45) is 0 Å². The molecule has 0 aliphatic rings. The second-order valence-corrected chi connectivity index (χ2v) is 5.60. The summed E-state index contributed by atoms with van der Waals surface area (Å²) in [7, 11) is 1.30. The molecule has 3 aromatic rings. The molecule has 2 aromatic heterocycles. The van der Waals surface area contributed by atoms with Gasteiger partial charge in [0.15, 0.2) is 16.5 Å². The van der Waals surface area contributed by atoms with Gasteiger partial charge >= 0.3 is 6.61 Å². The number of carbonyl (C=O) groups excluding carboxylic acids is 1. The summed E-state index contributed by atoms with van der Waals surface area (Å²) in [4.78, 5) is 29.0. The number of ether oxygens (including phenoxy) is 2. The van der Waals surface area contributed by atoms with Crippen molar-refractivity contribution < 1.29 is 23.0 Å². The predicted molar refractivity (Wildman–Crippen MR) is 86.9 cm³/mol. The number of anilines is 1. The summed E-state index contributed by atoms with van der Waals surface area (Å²) in [5.74, 6) is -0.871. The van der Waals surface area contributed by atoms with Crippen molar-refractivity contribution in [2.45, 2.75) is 6.61 Å². The average Bonchev–Trinajstić information content (AvgIpc) is 3.04. The molecule has 3 rings (SSSR count). The van der Waals surface area contributed by atoms with Crippen LogP contribution in [0.2, 0.25) is 0 Å². The highest BCUT2D eigenvalue weighted by molar-refractivity contribution is 7.15. The van der Waals surface area contributed by atoms with E-state index in [0.717, 1.165) is 0 Å². The van der Waals surface area contributed by atoms with Crippen LogP contribution in [-0.4, -0.2) is 29.0 Å². The largest absolute Gasteiger partial charge is 0.493 e. The molecule has 1 amide bonds. The molecule has 25 heavy (non-hydrogen) atoms. The van der Waals surface area contributed by atoms with Gasteiger partial charge in [-0.15, -0.1) is 11.3 Å². The standard InChI is InChI=1S/C15H11F2N3O4S/c1-23-10-3-2-8(6-11(10)24-14(16)17)19-12(21)9-7-18-15-20(13(9)22)4-5-25-15/h2-7,14H,1H3,(H,19,21). The summed E-state index contributed by atoms with van der Waals surface area (Å²) in [6, 6.07) is 3.97. The minimum atomic E-state index is -3.05. The lowest BCUT2D eigenvalue weighted by atomic mass is 10.2. The molecule has 0 unspecified atom stereocenters. The molecule has 0 aliphatic carbocycles. The SMILES string of the molecule is COc1ccc(NC(=O)c2cnc3sccn3c2=O)cc1OC(F)F. The monoisotopic (exact) mass is 367 g/mol. The molecule has 0 saturated carbocycles. The minimum Gasteiger partial charge on any atom is -0.493 e. The van der Waals surface area contributed by atoms with Crippen LogP contribution >= 0.6 is 11.3 Å². The van der Waals surface area contributed by atoms with E-state index in [0.29, 0.717) is 4.96 Å². The smallest absolute Gasteiger partial charge is 0.387 e. The lowest BCUT2D eigenvalue weighted by Gasteiger charge is -2.12. The number of nitrogens with one attached hydrogen (secondary N) is 1. The van der Waals surface area contributed by atoms with E-state index in [1.54, 1.807) is 5.38 Å². The fraction of sp³-hybridized carbons (Fsp3) is 0.133. The molecule has 7 nitrogen and oxygen atoms in total. The van der Waals surface area contributed by atoms with Crippen molar-refractivity contribution in [1.29, 1.82) is 0 Å². The van der Waals surface area contributed by atoms with Gasteiger partial charge in [-0.3, -0.25) is 14.0 Å². The summed E-state index contributed by atoms with van der Waals surface area (Å²) < 4.78 is 35.4. The van der Waals surface area contributed by atoms with E-state index in [1.165, 1.54) is 53.4 Å². The van der Waals surface area contributed by atoms with Crippen LogP contribution in [0.15, 0.2) is 40.8 Å².